The molecule has 1 aromatic carbocycles. The van der Waals surface area contributed by atoms with Gasteiger partial charge in [-0.25, -0.2) is 4.68 Å². The number of para-hydroxylation sites is 1. The summed E-state index contributed by atoms with van der Waals surface area (Å²) in [5, 5.41) is 4.47. The van der Waals surface area contributed by atoms with E-state index in [1.165, 1.54) is 0 Å². The lowest BCUT2D eigenvalue weighted by molar-refractivity contribution is -0.00496. The first kappa shape index (κ1) is 15.7. The average molecular weight is 336 g/mol. The molecule has 1 saturated heterocycles. The molecule has 2 aromatic heterocycles. The van der Waals surface area contributed by atoms with Crippen LogP contribution in [0.2, 0.25) is 0 Å². The van der Waals surface area contributed by atoms with E-state index in [-0.39, 0.29) is 11.9 Å². The number of nitrogens with zero attached hydrogens (tertiary/aromatic N) is 4. The van der Waals surface area contributed by atoms with Crippen molar-refractivity contribution in [3.05, 3.63) is 72.3 Å². The Bertz CT molecular complexity index is 868. The van der Waals surface area contributed by atoms with E-state index in [4.69, 9.17) is 4.74 Å². The van der Waals surface area contributed by atoms with Crippen molar-refractivity contribution in [2.45, 2.75) is 6.04 Å². The van der Waals surface area contributed by atoms with Crippen molar-refractivity contribution in [3.8, 4) is 5.69 Å². The van der Waals surface area contributed by atoms with Gasteiger partial charge < -0.3 is 14.2 Å². The van der Waals surface area contributed by atoms with Crippen LogP contribution in [0.1, 0.15) is 22.2 Å². The second-order valence-electron chi connectivity index (χ2n) is 6.11. The Morgan fingerprint density at radius 2 is 1.96 bits per heavy atom. The summed E-state index contributed by atoms with van der Waals surface area (Å²) in [5.74, 6) is -0.0656. The van der Waals surface area contributed by atoms with Gasteiger partial charge in [0.2, 0.25) is 0 Å². The predicted octanol–water partition coefficient (Wildman–Crippen LogP) is 2.42. The molecule has 6 nitrogen and oxygen atoms in total. The first-order valence-electron chi connectivity index (χ1n) is 8.35. The van der Waals surface area contributed by atoms with Crippen LogP contribution in [0.25, 0.3) is 5.69 Å². The highest BCUT2D eigenvalue weighted by atomic mass is 16.5. The van der Waals surface area contributed by atoms with Gasteiger partial charge in [-0.2, -0.15) is 5.10 Å². The first-order chi connectivity index (χ1) is 12.2. The minimum Gasteiger partial charge on any atom is -0.377 e. The maximum atomic E-state index is 13.0. The average Bonchev–Trinajstić information content (AvgIpc) is 3.31. The number of ether oxygens (including phenoxy) is 1. The minimum absolute atomic E-state index is 0.0656. The summed E-state index contributed by atoms with van der Waals surface area (Å²) < 4.78 is 9.38. The maximum absolute atomic E-state index is 13.0. The fraction of sp³-hybridized carbons (Fsp3) is 0.263. The Balaban J connectivity index is 1.61. The maximum Gasteiger partial charge on any atom is 0.275 e. The molecule has 1 amide bonds. The molecule has 1 atom stereocenters. The van der Waals surface area contributed by atoms with E-state index in [1.807, 2.05) is 71.4 Å². The Kier molecular flexibility index (Phi) is 4.11. The zero-order chi connectivity index (χ0) is 17.2. The molecule has 128 valence electrons. The van der Waals surface area contributed by atoms with Crippen LogP contribution in [0, 0.1) is 0 Å². The van der Waals surface area contributed by atoms with Gasteiger partial charge in [0, 0.05) is 31.7 Å². The van der Waals surface area contributed by atoms with Crippen molar-refractivity contribution in [1.82, 2.24) is 19.2 Å². The topological polar surface area (TPSA) is 52.3 Å². The van der Waals surface area contributed by atoms with Gasteiger partial charge in [-0.3, -0.25) is 4.79 Å². The van der Waals surface area contributed by atoms with Crippen molar-refractivity contribution >= 4 is 5.91 Å². The highest BCUT2D eigenvalue weighted by Gasteiger charge is 2.31. The van der Waals surface area contributed by atoms with Crippen molar-refractivity contribution in [2.75, 3.05) is 19.8 Å². The number of carbonyl (C=O) groups is 1. The Morgan fingerprint density at radius 1 is 1.12 bits per heavy atom. The lowest BCUT2D eigenvalue weighted by Crippen LogP contribution is -2.44. The number of rotatable bonds is 3. The standard InChI is InChI=1S/C19H20N4O2/c1-21-10-5-8-17(21)18-14-25-13-12-22(18)19(24)16-9-11-23(20-16)15-6-3-2-4-7-15/h2-11,18H,12-14H2,1H3/t18-/m0/s1. The molecule has 0 N–H and O–H groups in total. The van der Waals surface area contributed by atoms with Crippen LogP contribution in [0.15, 0.2) is 60.9 Å². The fourth-order valence-electron chi connectivity index (χ4n) is 3.22. The van der Waals surface area contributed by atoms with Gasteiger partial charge >= 0.3 is 0 Å². The summed E-state index contributed by atoms with van der Waals surface area (Å²) in [4.78, 5) is 14.9. The summed E-state index contributed by atoms with van der Waals surface area (Å²) >= 11 is 0. The molecule has 0 bridgehead atoms. The number of aryl methyl sites for hydroxylation is 1. The minimum atomic E-state index is -0.0943. The Labute approximate surface area is 146 Å². The molecule has 0 radical (unpaired) electrons. The van der Waals surface area contributed by atoms with Gasteiger partial charge in [-0.15, -0.1) is 0 Å². The molecule has 0 spiro atoms. The molecule has 6 heteroatoms. The largest absolute Gasteiger partial charge is 0.377 e. The van der Waals surface area contributed by atoms with Crippen LogP contribution in [0.3, 0.4) is 0 Å². The van der Waals surface area contributed by atoms with Gasteiger partial charge in [0.25, 0.3) is 5.91 Å². The van der Waals surface area contributed by atoms with Gasteiger partial charge in [0.05, 0.1) is 24.9 Å². The van der Waals surface area contributed by atoms with Crippen molar-refractivity contribution < 1.29 is 9.53 Å². The smallest absolute Gasteiger partial charge is 0.275 e. The third-order valence-corrected chi connectivity index (χ3v) is 4.54. The Morgan fingerprint density at radius 3 is 2.72 bits per heavy atom. The second kappa shape index (κ2) is 6.57. The lowest BCUT2D eigenvalue weighted by Gasteiger charge is -2.35. The summed E-state index contributed by atoms with van der Waals surface area (Å²) in [6, 6.07) is 15.5. The van der Waals surface area contributed by atoms with Gasteiger partial charge in [0.15, 0.2) is 5.69 Å². The highest BCUT2D eigenvalue weighted by Crippen LogP contribution is 2.26. The molecule has 0 saturated carbocycles. The Hall–Kier alpha value is -2.86. The zero-order valence-corrected chi connectivity index (χ0v) is 14.1. The summed E-state index contributed by atoms with van der Waals surface area (Å²) in [5.41, 5.74) is 2.45. The number of hydrogen-bond acceptors (Lipinski definition) is 3. The van der Waals surface area contributed by atoms with Gasteiger partial charge in [0.1, 0.15) is 0 Å². The SMILES string of the molecule is Cn1cccc1[C@@H]1COCCN1C(=O)c1ccn(-c2ccccc2)n1. The number of benzene rings is 1. The molecule has 4 rings (SSSR count). The number of amides is 1. The van der Waals surface area contributed by atoms with Crippen molar-refractivity contribution in [2.24, 2.45) is 7.05 Å². The van der Waals surface area contributed by atoms with Crippen molar-refractivity contribution in [3.63, 3.8) is 0 Å². The summed E-state index contributed by atoms with van der Waals surface area (Å²) in [6.45, 7) is 1.61. The van der Waals surface area contributed by atoms with Crippen LogP contribution in [-0.2, 0) is 11.8 Å². The van der Waals surface area contributed by atoms with E-state index in [0.29, 0.717) is 25.5 Å². The fourth-order valence-corrected chi connectivity index (χ4v) is 3.22. The van der Waals surface area contributed by atoms with Gasteiger partial charge in [-0.05, 0) is 30.3 Å². The zero-order valence-electron chi connectivity index (χ0n) is 14.1. The summed E-state index contributed by atoms with van der Waals surface area (Å²) in [7, 11) is 1.98. The van der Waals surface area contributed by atoms with Crippen LogP contribution < -0.4 is 0 Å². The molecule has 1 fully saturated rings. The third kappa shape index (κ3) is 2.96. The molecule has 0 aliphatic carbocycles. The molecule has 3 aromatic rings. The first-order valence-corrected chi connectivity index (χ1v) is 8.35. The second-order valence-corrected chi connectivity index (χ2v) is 6.11. The van der Waals surface area contributed by atoms with E-state index in [2.05, 4.69) is 5.10 Å². The van der Waals surface area contributed by atoms with Crippen LogP contribution in [0.5, 0.6) is 0 Å². The number of aromatic nitrogens is 3. The van der Waals surface area contributed by atoms with E-state index in [1.54, 1.807) is 10.7 Å². The van der Waals surface area contributed by atoms with Crippen molar-refractivity contribution in [1.29, 1.82) is 0 Å². The van der Waals surface area contributed by atoms with Crippen LogP contribution >= 0.6 is 0 Å². The number of hydrogen-bond donors (Lipinski definition) is 0. The lowest BCUT2D eigenvalue weighted by atomic mass is 10.1. The summed E-state index contributed by atoms with van der Waals surface area (Å²) in [6.07, 6.45) is 3.80. The van der Waals surface area contributed by atoms with Gasteiger partial charge in [-0.1, -0.05) is 18.2 Å². The van der Waals surface area contributed by atoms with E-state index >= 15 is 0 Å². The molecule has 25 heavy (non-hydrogen) atoms. The number of carbonyl (C=O) groups excluding carboxylic acids is 1. The molecule has 0 unspecified atom stereocenters. The molecular formula is C19H20N4O2. The van der Waals surface area contributed by atoms with Crippen LogP contribution in [0.4, 0.5) is 0 Å². The molecule has 1 aliphatic rings. The highest BCUT2D eigenvalue weighted by molar-refractivity contribution is 5.92. The van der Waals surface area contributed by atoms with E-state index < -0.39 is 0 Å². The quantitative estimate of drug-likeness (QED) is 0.738. The molecular weight excluding hydrogens is 316 g/mol. The molecule has 3 heterocycles. The molecule has 1 aliphatic heterocycles. The normalized spacial score (nSPS) is 17.6. The van der Waals surface area contributed by atoms with E-state index in [0.717, 1.165) is 11.4 Å². The predicted molar refractivity (Wildman–Crippen MR) is 93.6 cm³/mol. The number of morpholine rings is 1. The van der Waals surface area contributed by atoms with Crippen LogP contribution in [-0.4, -0.2) is 44.9 Å². The monoisotopic (exact) mass is 336 g/mol. The van der Waals surface area contributed by atoms with E-state index in [9.17, 15) is 4.79 Å². The third-order valence-electron chi connectivity index (χ3n) is 4.54.